The van der Waals surface area contributed by atoms with Crippen LogP contribution < -0.4 is 10.6 Å². The molecule has 0 bridgehead atoms. The van der Waals surface area contributed by atoms with Crippen molar-refractivity contribution in [2.75, 3.05) is 0 Å². The molecular weight excluding hydrogens is 548 g/mol. The van der Waals surface area contributed by atoms with Crippen molar-refractivity contribution in [1.29, 1.82) is 0 Å². The van der Waals surface area contributed by atoms with Crippen LogP contribution in [0.4, 0.5) is 0 Å². The van der Waals surface area contributed by atoms with E-state index in [0.29, 0.717) is 50.4 Å². The maximum Gasteiger partial charge on any atom is 0.303 e. The molecule has 5 N–H and O–H groups in total. The van der Waals surface area contributed by atoms with Crippen LogP contribution in [0.1, 0.15) is 68.0 Å². The standard InChI is InChI=1S/C33H36N4O6/c1-7-20-19(6)32(42)37-27(20)14-25-18(5)23(10-12-31(40)41)29(35-25)15-28-22(9-11-30(38)39)17(4)24(34-28)13-26-16(3)21(8-2)33(43)36-26/h7-8,13-14,28,35H,1-2,9-12,15H2,3-6H3,(H,36,43)(H,37,42)(H,38,39)(H,40,41)/b26-13?,27-14-/i2D2,13D,14D. The van der Waals surface area contributed by atoms with E-state index in [9.17, 15) is 29.4 Å². The first-order valence-corrected chi connectivity index (χ1v) is 13.7. The van der Waals surface area contributed by atoms with Crippen molar-refractivity contribution in [3.63, 3.8) is 0 Å². The summed E-state index contributed by atoms with van der Waals surface area (Å²) in [7, 11) is 0. The number of carboxylic acids is 2. The normalized spacial score (nSPS) is 22.0. The van der Waals surface area contributed by atoms with Crippen molar-refractivity contribution in [1.82, 2.24) is 15.6 Å². The topological polar surface area (TPSA) is 161 Å². The summed E-state index contributed by atoms with van der Waals surface area (Å²) in [5.74, 6) is -2.93. The molecule has 4 heterocycles. The molecule has 1 aromatic rings. The Bertz CT molecular complexity index is 1850. The van der Waals surface area contributed by atoms with Crippen molar-refractivity contribution in [3.05, 3.63) is 98.7 Å². The summed E-state index contributed by atoms with van der Waals surface area (Å²) in [5, 5.41) is 24.3. The molecule has 10 nitrogen and oxygen atoms in total. The number of amides is 2. The van der Waals surface area contributed by atoms with Gasteiger partial charge in [-0.15, -0.1) is 0 Å². The summed E-state index contributed by atoms with van der Waals surface area (Å²) in [5.41, 5.74) is 5.53. The molecule has 3 aliphatic rings. The highest BCUT2D eigenvalue weighted by Gasteiger charge is 2.30. The maximum atomic E-state index is 12.6. The van der Waals surface area contributed by atoms with Crippen LogP contribution in [-0.2, 0) is 32.0 Å². The molecule has 0 fully saturated rings. The first kappa shape index (κ1) is 25.7. The van der Waals surface area contributed by atoms with Gasteiger partial charge in [-0.25, -0.2) is 0 Å². The van der Waals surface area contributed by atoms with Gasteiger partial charge in [-0.3, -0.25) is 24.2 Å². The number of carbonyl (C=O) groups excluding carboxylic acids is 2. The first-order chi connectivity index (χ1) is 22.1. The number of nitrogens with zero attached hydrogens (tertiary/aromatic N) is 1. The third-order valence-electron chi connectivity index (χ3n) is 7.94. The quantitative estimate of drug-likeness (QED) is 0.244. The molecule has 2 amide bonds. The molecule has 0 saturated heterocycles. The van der Waals surface area contributed by atoms with Crippen LogP contribution in [0, 0.1) is 6.92 Å². The summed E-state index contributed by atoms with van der Waals surface area (Å²) in [6.45, 7) is 9.91. The zero-order chi connectivity index (χ0) is 34.9. The third kappa shape index (κ3) is 6.28. The fraction of sp³-hybridized carbons (Fsp3) is 0.303. The van der Waals surface area contributed by atoms with Crippen molar-refractivity contribution in [2.45, 2.75) is 65.8 Å². The molecule has 3 aliphatic heterocycles. The van der Waals surface area contributed by atoms with Gasteiger partial charge >= 0.3 is 11.9 Å². The zero-order valence-corrected chi connectivity index (χ0v) is 24.4. The molecule has 0 aromatic carbocycles. The molecule has 0 aliphatic carbocycles. The number of aromatic nitrogens is 1. The summed E-state index contributed by atoms with van der Waals surface area (Å²) < 4.78 is 32.8. The number of allylic oxidation sites excluding steroid dienone is 4. The molecule has 4 rings (SSSR count). The van der Waals surface area contributed by atoms with E-state index in [-0.39, 0.29) is 72.8 Å². The molecule has 224 valence electrons. The van der Waals surface area contributed by atoms with Crippen LogP contribution in [0.2, 0.25) is 0 Å². The number of carbonyl (C=O) groups is 4. The van der Waals surface area contributed by atoms with E-state index in [2.05, 4.69) is 22.2 Å². The number of aliphatic carboxylic acids is 2. The minimum Gasteiger partial charge on any atom is -0.481 e. The number of carboxylic acid groups (broad SMARTS) is 2. The van der Waals surface area contributed by atoms with E-state index in [4.69, 9.17) is 10.5 Å². The van der Waals surface area contributed by atoms with Crippen molar-refractivity contribution >= 4 is 35.5 Å². The Hall–Kier alpha value is -4.99. The Labute approximate surface area is 255 Å². The van der Waals surface area contributed by atoms with Crippen molar-refractivity contribution < 1.29 is 34.9 Å². The fourth-order valence-corrected chi connectivity index (χ4v) is 5.44. The minimum atomic E-state index is -1.02. The van der Waals surface area contributed by atoms with Gasteiger partial charge in [0.05, 0.1) is 22.9 Å². The fourth-order valence-electron chi connectivity index (χ4n) is 5.44. The lowest BCUT2D eigenvalue weighted by Gasteiger charge is -2.14. The lowest BCUT2D eigenvalue weighted by atomic mass is 9.93. The third-order valence-corrected chi connectivity index (χ3v) is 7.94. The second-order valence-corrected chi connectivity index (χ2v) is 10.6. The SMILES string of the molecule is [2H]C([2H])=CC1=C(C)C(=C([2H])C2=NC(Cc3[nH]c(/C([2H])=C4\NC(=O)C(C)=C4C=C)c(C)c3CCC(=O)O)C(CCC(=O)O)=C2C)NC1=O. The Morgan fingerprint density at radius 3 is 2.26 bits per heavy atom. The molecule has 43 heavy (non-hydrogen) atoms. The van der Waals surface area contributed by atoms with Crippen LogP contribution in [0.3, 0.4) is 0 Å². The number of rotatable bonds is 12. The van der Waals surface area contributed by atoms with E-state index in [1.54, 1.807) is 27.7 Å². The van der Waals surface area contributed by atoms with E-state index >= 15 is 0 Å². The average molecular weight is 589 g/mol. The van der Waals surface area contributed by atoms with Gasteiger partial charge in [0.2, 0.25) is 0 Å². The summed E-state index contributed by atoms with van der Waals surface area (Å²) in [6.07, 6.45) is 2.63. The van der Waals surface area contributed by atoms with E-state index in [1.807, 2.05) is 0 Å². The van der Waals surface area contributed by atoms with Gasteiger partial charge in [-0.2, -0.15) is 0 Å². The van der Waals surface area contributed by atoms with Crippen LogP contribution in [0.15, 0.2) is 81.1 Å². The van der Waals surface area contributed by atoms with Crippen molar-refractivity contribution in [2.24, 2.45) is 4.99 Å². The van der Waals surface area contributed by atoms with Gasteiger partial charge < -0.3 is 25.8 Å². The molecule has 10 heteroatoms. The second-order valence-electron chi connectivity index (χ2n) is 10.6. The molecule has 1 unspecified atom stereocenters. The van der Waals surface area contributed by atoms with Gasteiger partial charge in [-0.1, -0.05) is 25.3 Å². The van der Waals surface area contributed by atoms with E-state index < -0.39 is 30.4 Å². The van der Waals surface area contributed by atoms with Crippen LogP contribution in [-0.4, -0.2) is 50.7 Å². The lowest BCUT2D eigenvalue weighted by Crippen LogP contribution is -2.16. The predicted octanol–water partition coefficient (Wildman–Crippen LogP) is 4.38. The Morgan fingerprint density at radius 1 is 0.930 bits per heavy atom. The number of hydrogen-bond donors (Lipinski definition) is 5. The lowest BCUT2D eigenvalue weighted by molar-refractivity contribution is -0.138. The van der Waals surface area contributed by atoms with Gasteiger partial charge in [0.15, 0.2) is 0 Å². The molecule has 0 saturated carbocycles. The highest BCUT2D eigenvalue weighted by atomic mass is 16.4. The minimum absolute atomic E-state index is 0.00959. The number of aliphatic imine (C=N–C) groups is 1. The zero-order valence-electron chi connectivity index (χ0n) is 28.4. The Balaban J connectivity index is 1.84. The van der Waals surface area contributed by atoms with Gasteiger partial charge in [-0.05, 0) is 80.5 Å². The highest BCUT2D eigenvalue weighted by Crippen LogP contribution is 2.33. The van der Waals surface area contributed by atoms with Gasteiger partial charge in [0.1, 0.15) is 0 Å². The van der Waals surface area contributed by atoms with Crippen LogP contribution in [0.5, 0.6) is 0 Å². The second kappa shape index (κ2) is 12.5. The van der Waals surface area contributed by atoms with Crippen molar-refractivity contribution in [3.8, 4) is 0 Å². The van der Waals surface area contributed by atoms with Crippen LogP contribution >= 0.6 is 0 Å². The highest BCUT2D eigenvalue weighted by molar-refractivity contribution is 6.13. The van der Waals surface area contributed by atoms with E-state index in [0.717, 1.165) is 6.08 Å². The number of H-pyrrole nitrogens is 1. The van der Waals surface area contributed by atoms with Gasteiger partial charge in [0, 0.05) is 53.1 Å². The van der Waals surface area contributed by atoms with Crippen LogP contribution in [0.25, 0.3) is 6.05 Å². The molecule has 0 radical (unpaired) electrons. The first-order valence-electron chi connectivity index (χ1n) is 15.7. The summed E-state index contributed by atoms with van der Waals surface area (Å²) in [4.78, 5) is 56.2. The number of hydrogen-bond acceptors (Lipinski definition) is 5. The predicted molar refractivity (Wildman–Crippen MR) is 164 cm³/mol. The summed E-state index contributed by atoms with van der Waals surface area (Å²) >= 11 is 0. The largest absolute Gasteiger partial charge is 0.481 e. The summed E-state index contributed by atoms with van der Waals surface area (Å²) in [6, 6.07) is -0.760. The van der Waals surface area contributed by atoms with Gasteiger partial charge in [0.25, 0.3) is 11.8 Å². The number of nitrogens with one attached hydrogen (secondary N) is 3. The maximum absolute atomic E-state index is 12.6. The average Bonchev–Trinajstić information content (AvgIpc) is 3.67. The van der Waals surface area contributed by atoms with E-state index in [1.165, 1.54) is 6.08 Å². The smallest absolute Gasteiger partial charge is 0.303 e. The monoisotopic (exact) mass is 588 g/mol. The Kier molecular flexibility index (Phi) is 7.46. The molecule has 1 atom stereocenters. The molecular formula is C33H36N4O6. The Morgan fingerprint density at radius 2 is 1.60 bits per heavy atom. The number of aromatic amines is 1. The molecule has 1 aromatic heterocycles. The molecule has 0 spiro atoms.